The molecule has 2 aromatic carbocycles. The van der Waals surface area contributed by atoms with Gasteiger partial charge in [-0.2, -0.15) is 4.98 Å². The highest BCUT2D eigenvalue weighted by atomic mass is 35.5. The third-order valence-corrected chi connectivity index (χ3v) is 3.87. The molecule has 3 rings (SSSR count). The minimum atomic E-state index is -0.766. The first kappa shape index (κ1) is 17.3. The Hall–Kier alpha value is -2.51. The van der Waals surface area contributed by atoms with E-state index in [9.17, 15) is 13.6 Å². The maximum Gasteiger partial charge on any atom is 0.259 e. The van der Waals surface area contributed by atoms with Crippen LogP contribution in [0.1, 0.15) is 21.7 Å². The van der Waals surface area contributed by atoms with E-state index in [1.54, 1.807) is 12.1 Å². The Morgan fingerprint density at radius 2 is 1.96 bits per heavy atom. The fraction of sp³-hybridized carbons (Fsp3) is 0.0625. The molecule has 128 valence electrons. The summed E-state index contributed by atoms with van der Waals surface area (Å²) in [6.07, 6.45) is 0.303. The van der Waals surface area contributed by atoms with Gasteiger partial charge in [-0.3, -0.25) is 15.2 Å². The van der Waals surface area contributed by atoms with Crippen LogP contribution in [0.15, 0.2) is 36.4 Å². The number of rotatable bonds is 4. The molecule has 3 aromatic rings. The van der Waals surface area contributed by atoms with Gasteiger partial charge in [0.15, 0.2) is 0 Å². The fourth-order valence-electron chi connectivity index (χ4n) is 2.14. The van der Waals surface area contributed by atoms with E-state index in [4.69, 9.17) is 23.2 Å². The fourth-order valence-corrected chi connectivity index (χ4v) is 2.60. The quantitative estimate of drug-likeness (QED) is 0.663. The predicted molar refractivity (Wildman–Crippen MR) is 90.0 cm³/mol. The molecule has 2 N–H and O–H groups in total. The van der Waals surface area contributed by atoms with E-state index < -0.39 is 11.7 Å². The van der Waals surface area contributed by atoms with Gasteiger partial charge in [-0.05, 0) is 29.8 Å². The second-order valence-corrected chi connectivity index (χ2v) is 5.93. The van der Waals surface area contributed by atoms with E-state index in [-0.39, 0.29) is 27.4 Å². The van der Waals surface area contributed by atoms with Gasteiger partial charge >= 0.3 is 0 Å². The van der Waals surface area contributed by atoms with Gasteiger partial charge in [-0.1, -0.05) is 35.3 Å². The van der Waals surface area contributed by atoms with Crippen LogP contribution in [-0.4, -0.2) is 21.1 Å². The lowest BCUT2D eigenvalue weighted by atomic mass is 10.1. The van der Waals surface area contributed by atoms with Crippen LogP contribution in [0, 0.1) is 11.6 Å². The number of carbonyl (C=O) groups is 1. The van der Waals surface area contributed by atoms with Crippen LogP contribution in [0.2, 0.25) is 10.0 Å². The van der Waals surface area contributed by atoms with Crippen LogP contribution in [-0.2, 0) is 6.42 Å². The highest BCUT2D eigenvalue weighted by Gasteiger charge is 2.16. The summed E-state index contributed by atoms with van der Waals surface area (Å²) in [7, 11) is 0. The van der Waals surface area contributed by atoms with Crippen molar-refractivity contribution in [3.05, 3.63) is 75.0 Å². The van der Waals surface area contributed by atoms with E-state index in [1.165, 1.54) is 12.1 Å². The first-order chi connectivity index (χ1) is 11.9. The van der Waals surface area contributed by atoms with Crippen LogP contribution < -0.4 is 5.32 Å². The topological polar surface area (TPSA) is 70.7 Å². The number of amides is 1. The highest BCUT2D eigenvalue weighted by Crippen LogP contribution is 2.24. The molecule has 0 spiro atoms. The summed E-state index contributed by atoms with van der Waals surface area (Å²) in [6.45, 7) is 0. The van der Waals surface area contributed by atoms with Gasteiger partial charge in [0.25, 0.3) is 5.91 Å². The Morgan fingerprint density at radius 3 is 2.72 bits per heavy atom. The Bertz CT molecular complexity index is 946. The number of benzene rings is 2. The molecule has 5 nitrogen and oxygen atoms in total. The number of H-pyrrole nitrogens is 1. The zero-order chi connectivity index (χ0) is 18.0. The van der Waals surface area contributed by atoms with Crippen LogP contribution in [0.25, 0.3) is 0 Å². The third kappa shape index (κ3) is 4.12. The maximum atomic E-state index is 13.5. The summed E-state index contributed by atoms with van der Waals surface area (Å²) in [6, 6.07) is 8.10. The summed E-state index contributed by atoms with van der Waals surface area (Å²) in [5.74, 6) is -1.39. The summed E-state index contributed by atoms with van der Waals surface area (Å²) in [5.41, 5.74) is 0.594. The molecule has 0 saturated carbocycles. The van der Waals surface area contributed by atoms with Crippen LogP contribution >= 0.6 is 23.2 Å². The van der Waals surface area contributed by atoms with Crippen molar-refractivity contribution in [1.29, 1.82) is 0 Å². The van der Waals surface area contributed by atoms with Crippen molar-refractivity contribution in [3.63, 3.8) is 0 Å². The maximum absolute atomic E-state index is 13.5. The van der Waals surface area contributed by atoms with Crippen molar-refractivity contribution < 1.29 is 13.6 Å². The van der Waals surface area contributed by atoms with Gasteiger partial charge in [0.2, 0.25) is 5.95 Å². The second-order valence-electron chi connectivity index (χ2n) is 5.11. The van der Waals surface area contributed by atoms with Gasteiger partial charge in [-0.25, -0.2) is 8.78 Å². The number of hydrogen-bond donors (Lipinski definition) is 2. The van der Waals surface area contributed by atoms with Gasteiger partial charge in [0, 0.05) is 6.42 Å². The molecular formula is C16H10Cl2F2N4O. The summed E-state index contributed by atoms with van der Waals surface area (Å²) >= 11 is 11.5. The van der Waals surface area contributed by atoms with Crippen molar-refractivity contribution in [2.24, 2.45) is 0 Å². The first-order valence-electron chi connectivity index (χ1n) is 7.04. The summed E-state index contributed by atoms with van der Waals surface area (Å²) in [5, 5.41) is 8.70. The van der Waals surface area contributed by atoms with Gasteiger partial charge in [-0.15, -0.1) is 5.10 Å². The lowest BCUT2D eigenvalue weighted by molar-refractivity contribution is 0.102. The van der Waals surface area contributed by atoms with E-state index in [0.717, 1.165) is 12.1 Å². The Morgan fingerprint density at radius 1 is 1.16 bits per heavy atom. The molecule has 0 atom stereocenters. The molecule has 1 heterocycles. The molecule has 9 heteroatoms. The number of aromatic nitrogens is 3. The molecule has 0 aliphatic heterocycles. The molecule has 0 aliphatic carbocycles. The van der Waals surface area contributed by atoms with Crippen LogP contribution in [0.3, 0.4) is 0 Å². The van der Waals surface area contributed by atoms with Gasteiger partial charge in [0.05, 0.1) is 15.6 Å². The van der Waals surface area contributed by atoms with Gasteiger partial charge in [0.1, 0.15) is 17.5 Å². The largest absolute Gasteiger partial charge is 0.289 e. The smallest absolute Gasteiger partial charge is 0.259 e. The molecule has 0 aliphatic rings. The standard InChI is InChI=1S/C16H10Cl2F2N4O/c17-11-7-12(18)13(20)6-10(11)15(25)22-16-21-14(23-24-16)5-8-2-1-3-9(19)4-8/h1-4,6-7H,5H2,(H2,21,22,23,24,25). The third-order valence-electron chi connectivity index (χ3n) is 3.27. The lowest BCUT2D eigenvalue weighted by Gasteiger charge is -2.04. The number of carbonyl (C=O) groups excluding carboxylic acids is 1. The molecule has 1 aromatic heterocycles. The van der Waals surface area contributed by atoms with E-state index >= 15 is 0 Å². The zero-order valence-electron chi connectivity index (χ0n) is 12.5. The lowest BCUT2D eigenvalue weighted by Crippen LogP contribution is -2.14. The average Bonchev–Trinajstić information content (AvgIpc) is 2.97. The number of halogens is 4. The van der Waals surface area contributed by atoms with Crippen molar-refractivity contribution in [2.75, 3.05) is 5.32 Å². The summed E-state index contributed by atoms with van der Waals surface area (Å²) < 4.78 is 26.7. The minimum Gasteiger partial charge on any atom is -0.289 e. The zero-order valence-corrected chi connectivity index (χ0v) is 14.0. The molecule has 0 bridgehead atoms. The number of aromatic amines is 1. The molecule has 0 saturated heterocycles. The number of nitrogens with zero attached hydrogens (tertiary/aromatic N) is 2. The number of nitrogens with one attached hydrogen (secondary N) is 2. The first-order valence-corrected chi connectivity index (χ1v) is 7.79. The molecule has 0 fully saturated rings. The summed E-state index contributed by atoms with van der Waals surface area (Å²) in [4.78, 5) is 16.2. The van der Waals surface area contributed by atoms with Crippen LogP contribution in [0.5, 0.6) is 0 Å². The Labute approximate surface area is 151 Å². The molecule has 25 heavy (non-hydrogen) atoms. The number of anilines is 1. The van der Waals surface area contributed by atoms with Gasteiger partial charge < -0.3 is 0 Å². The normalized spacial score (nSPS) is 10.7. The molecule has 0 radical (unpaired) electrons. The Kier molecular flexibility index (Phi) is 4.96. The van der Waals surface area contributed by atoms with E-state index in [2.05, 4.69) is 20.5 Å². The van der Waals surface area contributed by atoms with Crippen molar-refractivity contribution >= 4 is 35.1 Å². The molecular weight excluding hydrogens is 373 g/mol. The van der Waals surface area contributed by atoms with E-state index in [0.29, 0.717) is 17.8 Å². The molecule has 0 unspecified atom stereocenters. The average molecular weight is 383 g/mol. The monoisotopic (exact) mass is 382 g/mol. The van der Waals surface area contributed by atoms with Crippen LogP contribution in [0.4, 0.5) is 14.7 Å². The molecule has 1 amide bonds. The highest BCUT2D eigenvalue weighted by molar-refractivity contribution is 6.37. The van der Waals surface area contributed by atoms with Crippen molar-refractivity contribution in [1.82, 2.24) is 15.2 Å². The number of hydrogen-bond acceptors (Lipinski definition) is 3. The minimum absolute atomic E-state index is 0.000537. The second kappa shape index (κ2) is 7.16. The Balaban J connectivity index is 1.73. The SMILES string of the molecule is O=C(Nc1n[nH]c(Cc2cccc(F)c2)n1)c1cc(F)c(Cl)cc1Cl. The van der Waals surface area contributed by atoms with E-state index in [1.807, 2.05) is 0 Å². The predicted octanol–water partition coefficient (Wildman–Crippen LogP) is 4.23. The van der Waals surface area contributed by atoms with Crippen molar-refractivity contribution in [2.45, 2.75) is 6.42 Å². The van der Waals surface area contributed by atoms with Crippen molar-refractivity contribution in [3.8, 4) is 0 Å².